The summed E-state index contributed by atoms with van der Waals surface area (Å²) in [5.41, 5.74) is 2.62. The van der Waals surface area contributed by atoms with Gasteiger partial charge >= 0.3 is 5.97 Å². The number of aliphatic carboxylic acids is 1. The van der Waals surface area contributed by atoms with Crippen LogP contribution in [0.3, 0.4) is 0 Å². The Morgan fingerprint density at radius 2 is 1.91 bits per heavy atom. The van der Waals surface area contributed by atoms with Gasteiger partial charge in [0.05, 0.1) is 6.04 Å². The van der Waals surface area contributed by atoms with Crippen molar-refractivity contribution >= 4 is 11.9 Å². The summed E-state index contributed by atoms with van der Waals surface area (Å²) in [5, 5.41) is 9.37. The lowest BCUT2D eigenvalue weighted by molar-refractivity contribution is -0.154. The highest BCUT2D eigenvalue weighted by atomic mass is 16.4. The standard InChI is InChI=1S/C18H24N2O3/c1-13(17(21)20-10-5-4-8-16(20)18(22)23)19-11-9-14-6-2-3-7-15(14)12-19/h2-3,6-7,13,16H,4-5,8-12H2,1H3,(H,22,23). The van der Waals surface area contributed by atoms with Gasteiger partial charge in [-0.2, -0.15) is 0 Å². The van der Waals surface area contributed by atoms with E-state index in [1.165, 1.54) is 11.1 Å². The number of carboxylic acids is 1. The van der Waals surface area contributed by atoms with Crippen LogP contribution in [0.5, 0.6) is 0 Å². The molecule has 5 heteroatoms. The number of fused-ring (bicyclic) bond motifs is 1. The molecule has 2 aliphatic rings. The first-order chi connectivity index (χ1) is 11.1. The second-order valence-corrected chi connectivity index (χ2v) is 6.55. The summed E-state index contributed by atoms with van der Waals surface area (Å²) >= 11 is 0. The van der Waals surface area contributed by atoms with Crippen molar-refractivity contribution < 1.29 is 14.7 Å². The maximum Gasteiger partial charge on any atom is 0.326 e. The van der Waals surface area contributed by atoms with E-state index in [0.29, 0.717) is 13.0 Å². The van der Waals surface area contributed by atoms with Crippen LogP contribution in [-0.2, 0) is 22.6 Å². The number of hydrogen-bond acceptors (Lipinski definition) is 3. The number of hydrogen-bond donors (Lipinski definition) is 1. The third kappa shape index (κ3) is 3.24. The molecule has 2 aliphatic heterocycles. The molecule has 1 fully saturated rings. The van der Waals surface area contributed by atoms with Gasteiger partial charge in [-0.1, -0.05) is 24.3 Å². The highest BCUT2D eigenvalue weighted by Crippen LogP contribution is 2.23. The van der Waals surface area contributed by atoms with Gasteiger partial charge in [-0.15, -0.1) is 0 Å². The number of benzene rings is 1. The van der Waals surface area contributed by atoms with E-state index >= 15 is 0 Å². The van der Waals surface area contributed by atoms with Gasteiger partial charge in [0.15, 0.2) is 0 Å². The number of likely N-dealkylation sites (tertiary alicyclic amines) is 1. The minimum Gasteiger partial charge on any atom is -0.480 e. The van der Waals surface area contributed by atoms with E-state index in [2.05, 4.69) is 17.0 Å². The summed E-state index contributed by atoms with van der Waals surface area (Å²) in [4.78, 5) is 28.0. The molecule has 1 N–H and O–H groups in total. The Morgan fingerprint density at radius 1 is 1.17 bits per heavy atom. The molecule has 0 radical (unpaired) electrons. The lowest BCUT2D eigenvalue weighted by atomic mass is 9.97. The predicted octanol–water partition coefficient (Wildman–Crippen LogP) is 1.90. The lowest BCUT2D eigenvalue weighted by Gasteiger charge is -2.39. The number of carbonyl (C=O) groups excluding carboxylic acids is 1. The third-order valence-corrected chi connectivity index (χ3v) is 5.14. The topological polar surface area (TPSA) is 60.9 Å². The van der Waals surface area contributed by atoms with Gasteiger partial charge in [0.1, 0.15) is 6.04 Å². The van der Waals surface area contributed by atoms with E-state index in [9.17, 15) is 14.7 Å². The van der Waals surface area contributed by atoms with E-state index < -0.39 is 12.0 Å². The fourth-order valence-electron chi connectivity index (χ4n) is 3.70. The average molecular weight is 316 g/mol. The van der Waals surface area contributed by atoms with Gasteiger partial charge in [0.2, 0.25) is 5.91 Å². The molecule has 2 unspecified atom stereocenters. The summed E-state index contributed by atoms with van der Waals surface area (Å²) in [6.07, 6.45) is 3.28. The minimum absolute atomic E-state index is 0.0449. The first kappa shape index (κ1) is 16.0. The molecule has 3 rings (SSSR count). The summed E-state index contributed by atoms with van der Waals surface area (Å²) in [7, 11) is 0. The maximum absolute atomic E-state index is 12.8. The van der Waals surface area contributed by atoms with Gasteiger partial charge in [-0.05, 0) is 43.7 Å². The average Bonchev–Trinajstić information content (AvgIpc) is 2.60. The maximum atomic E-state index is 12.8. The van der Waals surface area contributed by atoms with Gasteiger partial charge in [-0.3, -0.25) is 9.69 Å². The number of rotatable bonds is 3. The van der Waals surface area contributed by atoms with Crippen LogP contribution in [0, 0.1) is 0 Å². The van der Waals surface area contributed by atoms with Gasteiger partial charge in [0, 0.05) is 19.6 Å². The molecule has 0 saturated carbocycles. The molecule has 0 aromatic heterocycles. The predicted molar refractivity (Wildman–Crippen MR) is 87.0 cm³/mol. The Hall–Kier alpha value is -1.88. The van der Waals surface area contributed by atoms with Crippen molar-refractivity contribution in [2.24, 2.45) is 0 Å². The van der Waals surface area contributed by atoms with Crippen LogP contribution in [0.25, 0.3) is 0 Å². The van der Waals surface area contributed by atoms with Crippen molar-refractivity contribution in [2.45, 2.75) is 51.2 Å². The minimum atomic E-state index is -0.880. The van der Waals surface area contributed by atoms with Crippen LogP contribution in [0.1, 0.15) is 37.3 Å². The monoisotopic (exact) mass is 316 g/mol. The Labute approximate surface area is 136 Å². The highest BCUT2D eigenvalue weighted by Gasteiger charge is 2.36. The van der Waals surface area contributed by atoms with E-state index in [0.717, 1.165) is 32.4 Å². The molecule has 0 aliphatic carbocycles. The summed E-state index contributed by atoms with van der Waals surface area (Å²) in [6, 6.07) is 7.40. The van der Waals surface area contributed by atoms with E-state index in [-0.39, 0.29) is 11.9 Å². The molecule has 1 aromatic rings. The summed E-state index contributed by atoms with van der Waals surface area (Å²) < 4.78 is 0. The molecule has 0 bridgehead atoms. The second kappa shape index (κ2) is 6.71. The zero-order valence-electron chi connectivity index (χ0n) is 13.6. The molecular formula is C18H24N2O3. The van der Waals surface area contributed by atoms with Crippen LogP contribution in [0.2, 0.25) is 0 Å². The van der Waals surface area contributed by atoms with E-state index in [4.69, 9.17) is 0 Å². The van der Waals surface area contributed by atoms with Crippen molar-refractivity contribution in [3.63, 3.8) is 0 Å². The number of piperidine rings is 1. The first-order valence-electron chi connectivity index (χ1n) is 8.42. The SMILES string of the molecule is CC(C(=O)N1CCCCC1C(=O)O)N1CCc2ccccc2C1. The molecule has 23 heavy (non-hydrogen) atoms. The zero-order chi connectivity index (χ0) is 16.4. The number of carbonyl (C=O) groups is 2. The summed E-state index contributed by atoms with van der Waals surface area (Å²) in [5.74, 6) is -0.925. The Kier molecular flexibility index (Phi) is 4.66. The number of carboxylic acid groups (broad SMARTS) is 1. The molecule has 1 amide bonds. The van der Waals surface area contributed by atoms with Crippen molar-refractivity contribution in [1.82, 2.24) is 9.80 Å². The van der Waals surface area contributed by atoms with Crippen LogP contribution in [-0.4, -0.2) is 52.0 Å². The van der Waals surface area contributed by atoms with Gasteiger partial charge in [0.25, 0.3) is 0 Å². The molecule has 1 aromatic carbocycles. The molecule has 2 atom stereocenters. The molecule has 1 saturated heterocycles. The largest absolute Gasteiger partial charge is 0.480 e. The second-order valence-electron chi connectivity index (χ2n) is 6.55. The first-order valence-corrected chi connectivity index (χ1v) is 8.42. The van der Waals surface area contributed by atoms with Crippen molar-refractivity contribution in [3.05, 3.63) is 35.4 Å². The van der Waals surface area contributed by atoms with Crippen molar-refractivity contribution in [1.29, 1.82) is 0 Å². The lowest BCUT2D eigenvalue weighted by Crippen LogP contribution is -2.55. The zero-order valence-corrected chi connectivity index (χ0v) is 13.6. The Balaban J connectivity index is 1.71. The van der Waals surface area contributed by atoms with Gasteiger partial charge in [-0.25, -0.2) is 4.79 Å². The van der Waals surface area contributed by atoms with Crippen molar-refractivity contribution in [3.8, 4) is 0 Å². The quantitative estimate of drug-likeness (QED) is 0.925. The van der Waals surface area contributed by atoms with Crippen LogP contribution in [0.4, 0.5) is 0 Å². The third-order valence-electron chi connectivity index (χ3n) is 5.14. The Morgan fingerprint density at radius 3 is 2.65 bits per heavy atom. The summed E-state index contributed by atoms with van der Waals surface area (Å²) in [6.45, 7) is 4.07. The Bertz CT molecular complexity index is 602. The normalized spacial score (nSPS) is 23.2. The molecular weight excluding hydrogens is 292 g/mol. The molecule has 0 spiro atoms. The molecule has 124 valence electrons. The van der Waals surface area contributed by atoms with E-state index in [1.807, 2.05) is 19.1 Å². The van der Waals surface area contributed by atoms with Crippen LogP contribution in [0.15, 0.2) is 24.3 Å². The van der Waals surface area contributed by atoms with Crippen LogP contribution < -0.4 is 0 Å². The number of nitrogens with zero attached hydrogens (tertiary/aromatic N) is 2. The smallest absolute Gasteiger partial charge is 0.326 e. The fourth-order valence-corrected chi connectivity index (χ4v) is 3.70. The van der Waals surface area contributed by atoms with Gasteiger partial charge < -0.3 is 10.0 Å². The van der Waals surface area contributed by atoms with Crippen molar-refractivity contribution in [2.75, 3.05) is 13.1 Å². The highest BCUT2D eigenvalue weighted by molar-refractivity contribution is 5.87. The fraction of sp³-hybridized carbons (Fsp3) is 0.556. The number of amides is 1. The molecule has 5 nitrogen and oxygen atoms in total. The van der Waals surface area contributed by atoms with Crippen LogP contribution >= 0.6 is 0 Å². The van der Waals surface area contributed by atoms with E-state index in [1.54, 1.807) is 4.90 Å². The molecule has 2 heterocycles.